The van der Waals surface area contributed by atoms with E-state index in [0.717, 1.165) is 27.3 Å². The Hall–Kier alpha value is -4.06. The topological polar surface area (TPSA) is 102 Å². The Morgan fingerprint density at radius 3 is 2.31 bits per heavy atom. The Labute approximate surface area is 204 Å². The SMILES string of the molecule is Cc1c(N(Cc2ccc(OC(F)(F)F)cc2)S(=O)(=O)c2ccc(C(=O)O)cc2)ncc2ccn(C)c12. The number of benzene rings is 2. The zero-order chi connectivity index (χ0) is 26.3. The molecule has 0 aliphatic carbocycles. The first-order valence-corrected chi connectivity index (χ1v) is 11.9. The van der Waals surface area contributed by atoms with Gasteiger partial charge in [0, 0.05) is 30.4 Å². The molecule has 0 atom stereocenters. The number of aromatic carboxylic acids is 1. The van der Waals surface area contributed by atoms with E-state index in [4.69, 9.17) is 5.11 Å². The van der Waals surface area contributed by atoms with Gasteiger partial charge in [-0.1, -0.05) is 12.1 Å². The highest BCUT2D eigenvalue weighted by Crippen LogP contribution is 2.32. The van der Waals surface area contributed by atoms with Crippen molar-refractivity contribution in [2.24, 2.45) is 7.05 Å². The summed E-state index contributed by atoms with van der Waals surface area (Å²) in [5.41, 5.74) is 1.63. The number of pyridine rings is 1. The van der Waals surface area contributed by atoms with Crippen molar-refractivity contribution in [3.63, 3.8) is 0 Å². The summed E-state index contributed by atoms with van der Waals surface area (Å²) < 4.78 is 71.8. The molecule has 1 N–H and O–H groups in total. The van der Waals surface area contributed by atoms with Gasteiger partial charge in [0.15, 0.2) is 0 Å². The van der Waals surface area contributed by atoms with Crippen molar-refractivity contribution < 1.29 is 36.2 Å². The summed E-state index contributed by atoms with van der Waals surface area (Å²) in [5, 5.41) is 9.94. The zero-order valence-electron chi connectivity index (χ0n) is 19.0. The van der Waals surface area contributed by atoms with Crippen molar-refractivity contribution in [1.29, 1.82) is 0 Å². The Balaban J connectivity index is 1.80. The number of ether oxygens (including phenoxy) is 1. The summed E-state index contributed by atoms with van der Waals surface area (Å²) in [7, 11) is -2.46. The fraction of sp³-hybridized carbons (Fsp3) is 0.167. The molecule has 0 unspecified atom stereocenters. The van der Waals surface area contributed by atoms with Crippen molar-refractivity contribution in [2.75, 3.05) is 4.31 Å². The van der Waals surface area contributed by atoms with Gasteiger partial charge in [0.2, 0.25) is 0 Å². The number of fused-ring (bicyclic) bond motifs is 1. The molecule has 2 aromatic carbocycles. The molecule has 12 heteroatoms. The first-order valence-electron chi connectivity index (χ1n) is 10.5. The second-order valence-corrected chi connectivity index (χ2v) is 9.83. The highest BCUT2D eigenvalue weighted by molar-refractivity contribution is 7.92. The number of nitrogens with zero attached hydrogens (tertiary/aromatic N) is 3. The minimum Gasteiger partial charge on any atom is -0.478 e. The van der Waals surface area contributed by atoms with E-state index in [9.17, 15) is 26.4 Å². The highest BCUT2D eigenvalue weighted by Gasteiger charge is 2.32. The predicted molar refractivity (Wildman–Crippen MR) is 125 cm³/mol. The van der Waals surface area contributed by atoms with Gasteiger partial charge in [-0.25, -0.2) is 22.5 Å². The number of carbonyl (C=O) groups is 1. The number of sulfonamides is 1. The summed E-state index contributed by atoms with van der Waals surface area (Å²) in [4.78, 5) is 15.4. The number of aryl methyl sites for hydroxylation is 2. The molecule has 188 valence electrons. The molecule has 2 heterocycles. The van der Waals surface area contributed by atoms with E-state index in [1.165, 1.54) is 42.6 Å². The van der Waals surface area contributed by atoms with Gasteiger partial charge in [0.1, 0.15) is 11.6 Å². The second-order valence-electron chi connectivity index (χ2n) is 7.97. The lowest BCUT2D eigenvalue weighted by Gasteiger charge is -2.25. The third kappa shape index (κ3) is 4.98. The fourth-order valence-corrected chi connectivity index (χ4v) is 5.32. The van der Waals surface area contributed by atoms with Gasteiger partial charge in [0.05, 0.1) is 22.5 Å². The number of carboxylic acid groups (broad SMARTS) is 1. The van der Waals surface area contributed by atoms with Gasteiger partial charge in [-0.2, -0.15) is 0 Å². The standard InChI is InChI=1S/C24H20F3N3O5S/c1-15-21-18(11-12-29(21)2)13-28-22(15)30(14-16-3-7-19(8-4-16)35-24(25,26)27)36(33,34)20-9-5-17(6-10-20)23(31)32/h3-13H,14H2,1-2H3,(H,31,32). The van der Waals surface area contributed by atoms with Gasteiger partial charge in [-0.05, 0) is 55.0 Å². The Bertz CT molecular complexity index is 1530. The van der Waals surface area contributed by atoms with Gasteiger partial charge in [0.25, 0.3) is 10.0 Å². The van der Waals surface area contributed by atoms with E-state index >= 15 is 0 Å². The van der Waals surface area contributed by atoms with Crippen LogP contribution in [-0.4, -0.2) is 35.4 Å². The van der Waals surface area contributed by atoms with Crippen LogP contribution < -0.4 is 9.04 Å². The van der Waals surface area contributed by atoms with Crippen molar-refractivity contribution in [3.05, 3.63) is 83.7 Å². The molecule has 0 spiro atoms. The van der Waals surface area contributed by atoms with E-state index < -0.39 is 28.1 Å². The average Bonchev–Trinajstić information content (AvgIpc) is 3.19. The van der Waals surface area contributed by atoms with Crippen molar-refractivity contribution >= 4 is 32.7 Å². The zero-order valence-corrected chi connectivity index (χ0v) is 19.8. The molecule has 0 aliphatic heterocycles. The quantitative estimate of drug-likeness (QED) is 0.374. The van der Waals surface area contributed by atoms with Crippen LogP contribution >= 0.6 is 0 Å². The summed E-state index contributed by atoms with van der Waals surface area (Å²) in [6, 6.07) is 11.4. The normalized spacial score (nSPS) is 12.0. The molecule has 0 saturated carbocycles. The summed E-state index contributed by atoms with van der Waals surface area (Å²) >= 11 is 0. The average molecular weight is 520 g/mol. The number of anilines is 1. The molecule has 2 aromatic heterocycles. The molecule has 0 fully saturated rings. The van der Waals surface area contributed by atoms with Gasteiger partial charge in [-0.3, -0.25) is 0 Å². The van der Waals surface area contributed by atoms with E-state index in [-0.39, 0.29) is 22.8 Å². The van der Waals surface area contributed by atoms with Crippen LogP contribution in [-0.2, 0) is 23.6 Å². The van der Waals surface area contributed by atoms with Crippen LogP contribution in [0.5, 0.6) is 5.75 Å². The van der Waals surface area contributed by atoms with Crippen LogP contribution in [0.2, 0.25) is 0 Å². The lowest BCUT2D eigenvalue weighted by Crippen LogP contribution is -2.32. The number of hydrogen-bond acceptors (Lipinski definition) is 5. The summed E-state index contributed by atoms with van der Waals surface area (Å²) in [5.74, 6) is -1.52. The summed E-state index contributed by atoms with van der Waals surface area (Å²) in [6.07, 6.45) is -1.51. The van der Waals surface area contributed by atoms with E-state index in [0.29, 0.717) is 11.1 Å². The number of hydrogen-bond donors (Lipinski definition) is 1. The van der Waals surface area contributed by atoms with E-state index in [1.54, 1.807) is 6.92 Å². The number of rotatable bonds is 7. The second kappa shape index (κ2) is 9.19. The molecule has 0 radical (unpaired) electrons. The van der Waals surface area contributed by atoms with E-state index in [2.05, 4.69) is 9.72 Å². The van der Waals surface area contributed by atoms with E-state index in [1.807, 2.05) is 23.9 Å². The molecule has 4 aromatic rings. The molecule has 0 aliphatic rings. The Morgan fingerprint density at radius 2 is 1.72 bits per heavy atom. The first kappa shape index (κ1) is 25.0. The van der Waals surface area contributed by atoms with Crippen molar-refractivity contribution in [1.82, 2.24) is 9.55 Å². The number of carboxylic acids is 1. The van der Waals surface area contributed by atoms with Crippen LogP contribution in [0.3, 0.4) is 0 Å². The largest absolute Gasteiger partial charge is 0.573 e. The van der Waals surface area contributed by atoms with Crippen LogP contribution in [0.4, 0.5) is 19.0 Å². The van der Waals surface area contributed by atoms with Gasteiger partial charge >= 0.3 is 12.3 Å². The summed E-state index contributed by atoms with van der Waals surface area (Å²) in [6.45, 7) is 1.47. The van der Waals surface area contributed by atoms with Gasteiger partial charge < -0.3 is 14.4 Å². The monoisotopic (exact) mass is 519 g/mol. The maximum atomic E-state index is 13.7. The number of alkyl halides is 3. The van der Waals surface area contributed by atoms with Crippen LogP contribution in [0, 0.1) is 6.92 Å². The molecule has 0 bridgehead atoms. The molecular formula is C24H20F3N3O5S. The highest BCUT2D eigenvalue weighted by atomic mass is 32.2. The fourth-order valence-electron chi connectivity index (χ4n) is 3.85. The molecule has 8 nitrogen and oxygen atoms in total. The lowest BCUT2D eigenvalue weighted by molar-refractivity contribution is -0.274. The lowest BCUT2D eigenvalue weighted by atomic mass is 10.2. The number of aromatic nitrogens is 2. The number of halogens is 3. The maximum Gasteiger partial charge on any atom is 0.573 e. The van der Waals surface area contributed by atoms with Crippen LogP contribution in [0.1, 0.15) is 21.5 Å². The van der Waals surface area contributed by atoms with Gasteiger partial charge in [-0.15, -0.1) is 13.2 Å². The molecular weight excluding hydrogens is 499 g/mol. The van der Waals surface area contributed by atoms with Crippen molar-refractivity contribution in [3.8, 4) is 5.75 Å². The van der Waals surface area contributed by atoms with Crippen LogP contribution in [0.25, 0.3) is 10.9 Å². The first-order chi connectivity index (χ1) is 16.9. The van der Waals surface area contributed by atoms with Crippen LogP contribution in [0.15, 0.2) is 71.9 Å². The maximum absolute atomic E-state index is 13.7. The smallest absolute Gasteiger partial charge is 0.478 e. The third-order valence-corrected chi connectivity index (χ3v) is 7.28. The third-order valence-electron chi connectivity index (χ3n) is 5.53. The minimum absolute atomic E-state index is 0.0831. The minimum atomic E-state index is -4.86. The molecule has 0 saturated heterocycles. The molecule has 36 heavy (non-hydrogen) atoms. The molecule has 4 rings (SSSR count). The Kier molecular flexibility index (Phi) is 6.39. The van der Waals surface area contributed by atoms with Crippen molar-refractivity contribution in [2.45, 2.75) is 24.7 Å². The predicted octanol–water partition coefficient (Wildman–Crippen LogP) is 4.87. The molecule has 0 amide bonds. The Morgan fingerprint density at radius 1 is 1.08 bits per heavy atom.